The monoisotopic (exact) mass is 264 g/mol. The molecule has 0 aliphatic carbocycles. The summed E-state index contributed by atoms with van der Waals surface area (Å²) in [6.07, 6.45) is 0.812. The molecule has 104 valence electrons. The number of carbonyl (C=O) groups excluding carboxylic acids is 1. The molecule has 19 heavy (non-hydrogen) atoms. The minimum Gasteiger partial charge on any atom is -0.478 e. The highest BCUT2D eigenvalue weighted by atomic mass is 16.4. The van der Waals surface area contributed by atoms with Crippen molar-refractivity contribution in [2.24, 2.45) is 0 Å². The van der Waals surface area contributed by atoms with Crippen molar-refractivity contribution >= 4 is 17.7 Å². The standard InChI is InChI=1S/C14H20N2O3/c1-5-10(4)15-14(19)16-12-9(3)6-8(2)7-11(12)13(17)18/h6-7,10H,5H2,1-4H3,(H,17,18)(H2,15,16,19). The summed E-state index contributed by atoms with van der Waals surface area (Å²) in [5.74, 6) is -1.05. The molecule has 3 N–H and O–H groups in total. The third-order valence-corrected chi connectivity index (χ3v) is 2.94. The molecule has 0 heterocycles. The van der Waals surface area contributed by atoms with E-state index in [1.165, 1.54) is 0 Å². The highest BCUT2D eigenvalue weighted by Crippen LogP contribution is 2.22. The third-order valence-electron chi connectivity index (χ3n) is 2.94. The predicted octanol–water partition coefficient (Wildman–Crippen LogP) is 2.92. The van der Waals surface area contributed by atoms with Crippen LogP contribution in [0.2, 0.25) is 0 Å². The molecule has 0 saturated carbocycles. The van der Waals surface area contributed by atoms with Crippen LogP contribution in [0.3, 0.4) is 0 Å². The molecule has 0 aromatic heterocycles. The van der Waals surface area contributed by atoms with Crippen LogP contribution in [0.1, 0.15) is 41.8 Å². The van der Waals surface area contributed by atoms with Crippen molar-refractivity contribution in [1.29, 1.82) is 0 Å². The van der Waals surface area contributed by atoms with Gasteiger partial charge < -0.3 is 15.7 Å². The van der Waals surface area contributed by atoms with E-state index in [0.717, 1.165) is 17.5 Å². The van der Waals surface area contributed by atoms with E-state index in [-0.39, 0.29) is 17.6 Å². The van der Waals surface area contributed by atoms with Gasteiger partial charge in [0.05, 0.1) is 11.3 Å². The van der Waals surface area contributed by atoms with Gasteiger partial charge in [0.1, 0.15) is 0 Å². The lowest BCUT2D eigenvalue weighted by atomic mass is 10.0. The van der Waals surface area contributed by atoms with E-state index in [0.29, 0.717) is 5.69 Å². The molecular weight excluding hydrogens is 244 g/mol. The molecular formula is C14H20N2O3. The largest absolute Gasteiger partial charge is 0.478 e. The molecule has 0 aliphatic rings. The van der Waals surface area contributed by atoms with Gasteiger partial charge in [-0.2, -0.15) is 0 Å². The number of rotatable bonds is 4. The third kappa shape index (κ3) is 3.98. The Kier molecular flexibility index (Phi) is 4.92. The number of aryl methyl sites for hydroxylation is 2. The maximum absolute atomic E-state index is 11.8. The first-order valence-electron chi connectivity index (χ1n) is 6.27. The van der Waals surface area contributed by atoms with Crippen LogP contribution in [0, 0.1) is 13.8 Å². The molecule has 0 spiro atoms. The Balaban J connectivity index is 3.00. The van der Waals surface area contributed by atoms with Gasteiger partial charge in [-0.15, -0.1) is 0 Å². The van der Waals surface area contributed by atoms with Crippen LogP contribution in [0.15, 0.2) is 12.1 Å². The number of urea groups is 1. The number of hydrogen-bond acceptors (Lipinski definition) is 2. The second-order valence-electron chi connectivity index (χ2n) is 4.72. The fourth-order valence-corrected chi connectivity index (χ4v) is 1.78. The van der Waals surface area contributed by atoms with E-state index < -0.39 is 5.97 Å². The summed E-state index contributed by atoms with van der Waals surface area (Å²) in [6, 6.07) is 3.04. The van der Waals surface area contributed by atoms with Crippen molar-refractivity contribution in [1.82, 2.24) is 5.32 Å². The number of carboxylic acids is 1. The Bertz CT molecular complexity index is 498. The second-order valence-corrected chi connectivity index (χ2v) is 4.72. The Labute approximate surface area is 113 Å². The van der Waals surface area contributed by atoms with Gasteiger partial charge in [0.15, 0.2) is 0 Å². The molecule has 1 rings (SSSR count). The highest BCUT2D eigenvalue weighted by molar-refractivity contribution is 6.01. The maximum Gasteiger partial charge on any atom is 0.337 e. The molecule has 0 radical (unpaired) electrons. The van der Waals surface area contributed by atoms with E-state index in [4.69, 9.17) is 0 Å². The van der Waals surface area contributed by atoms with Gasteiger partial charge in [-0.3, -0.25) is 0 Å². The van der Waals surface area contributed by atoms with E-state index >= 15 is 0 Å². The summed E-state index contributed by atoms with van der Waals surface area (Å²) in [5, 5.41) is 14.5. The summed E-state index contributed by atoms with van der Waals surface area (Å²) in [6.45, 7) is 7.45. The summed E-state index contributed by atoms with van der Waals surface area (Å²) < 4.78 is 0. The number of anilines is 1. The van der Waals surface area contributed by atoms with E-state index in [1.54, 1.807) is 13.0 Å². The molecule has 0 fully saturated rings. The average Bonchev–Trinajstić information content (AvgIpc) is 2.31. The molecule has 5 heteroatoms. The predicted molar refractivity (Wildman–Crippen MR) is 74.8 cm³/mol. The Morgan fingerprint density at radius 1 is 1.32 bits per heavy atom. The maximum atomic E-state index is 11.8. The molecule has 0 saturated heterocycles. The smallest absolute Gasteiger partial charge is 0.337 e. The number of aromatic carboxylic acids is 1. The summed E-state index contributed by atoms with van der Waals surface area (Å²) in [7, 11) is 0. The zero-order valence-corrected chi connectivity index (χ0v) is 11.7. The number of hydrogen-bond donors (Lipinski definition) is 3. The van der Waals surface area contributed by atoms with Crippen LogP contribution >= 0.6 is 0 Å². The van der Waals surface area contributed by atoms with Crippen molar-refractivity contribution < 1.29 is 14.7 Å². The fourth-order valence-electron chi connectivity index (χ4n) is 1.78. The van der Waals surface area contributed by atoms with Crippen LogP contribution in [-0.2, 0) is 0 Å². The van der Waals surface area contributed by atoms with Crippen molar-refractivity contribution in [2.45, 2.75) is 40.2 Å². The molecule has 0 bridgehead atoms. The van der Waals surface area contributed by atoms with Crippen molar-refractivity contribution in [3.05, 3.63) is 28.8 Å². The minimum atomic E-state index is -1.05. The zero-order valence-electron chi connectivity index (χ0n) is 11.7. The first-order chi connectivity index (χ1) is 8.85. The highest BCUT2D eigenvalue weighted by Gasteiger charge is 2.16. The zero-order chi connectivity index (χ0) is 14.6. The summed E-state index contributed by atoms with van der Waals surface area (Å²) in [5.41, 5.74) is 2.04. The van der Waals surface area contributed by atoms with Crippen LogP contribution in [0.5, 0.6) is 0 Å². The lowest BCUT2D eigenvalue weighted by Gasteiger charge is -2.16. The lowest BCUT2D eigenvalue weighted by molar-refractivity contribution is 0.0698. The first-order valence-corrected chi connectivity index (χ1v) is 6.27. The fraction of sp³-hybridized carbons (Fsp3) is 0.429. The molecule has 1 aromatic carbocycles. The van der Waals surface area contributed by atoms with Crippen molar-refractivity contribution in [3.63, 3.8) is 0 Å². The van der Waals surface area contributed by atoms with Crippen LogP contribution in [0.25, 0.3) is 0 Å². The number of carboxylic acid groups (broad SMARTS) is 1. The minimum absolute atomic E-state index is 0.0408. The summed E-state index contributed by atoms with van der Waals surface area (Å²) >= 11 is 0. The van der Waals surface area contributed by atoms with Gasteiger partial charge in [-0.05, 0) is 44.4 Å². The van der Waals surface area contributed by atoms with Crippen molar-refractivity contribution in [2.75, 3.05) is 5.32 Å². The molecule has 1 atom stereocenters. The van der Waals surface area contributed by atoms with E-state index in [2.05, 4.69) is 10.6 Å². The number of carbonyl (C=O) groups is 2. The lowest BCUT2D eigenvalue weighted by Crippen LogP contribution is -2.36. The Morgan fingerprint density at radius 3 is 2.47 bits per heavy atom. The number of amides is 2. The van der Waals surface area contributed by atoms with Crippen molar-refractivity contribution in [3.8, 4) is 0 Å². The second kappa shape index (κ2) is 6.22. The van der Waals surface area contributed by atoms with Gasteiger partial charge in [-0.1, -0.05) is 13.0 Å². The van der Waals surface area contributed by atoms with Crippen LogP contribution < -0.4 is 10.6 Å². The van der Waals surface area contributed by atoms with Gasteiger partial charge in [0.2, 0.25) is 0 Å². The van der Waals surface area contributed by atoms with E-state index in [9.17, 15) is 14.7 Å². The summed E-state index contributed by atoms with van der Waals surface area (Å²) in [4.78, 5) is 23.0. The van der Waals surface area contributed by atoms with Gasteiger partial charge >= 0.3 is 12.0 Å². The molecule has 1 aromatic rings. The molecule has 0 aliphatic heterocycles. The van der Waals surface area contributed by atoms with Gasteiger partial charge in [0, 0.05) is 6.04 Å². The first kappa shape index (κ1) is 15.0. The van der Waals surface area contributed by atoms with Crippen LogP contribution in [0.4, 0.5) is 10.5 Å². The molecule has 1 unspecified atom stereocenters. The van der Waals surface area contributed by atoms with Gasteiger partial charge in [0.25, 0.3) is 0 Å². The molecule has 2 amide bonds. The van der Waals surface area contributed by atoms with Gasteiger partial charge in [-0.25, -0.2) is 9.59 Å². The number of nitrogens with one attached hydrogen (secondary N) is 2. The average molecular weight is 264 g/mol. The normalized spacial score (nSPS) is 11.8. The van der Waals surface area contributed by atoms with Crippen LogP contribution in [-0.4, -0.2) is 23.1 Å². The SMILES string of the molecule is CCC(C)NC(=O)Nc1c(C)cc(C)cc1C(=O)O. The quantitative estimate of drug-likeness (QED) is 0.782. The molecule has 5 nitrogen and oxygen atoms in total. The topological polar surface area (TPSA) is 78.4 Å². The Hall–Kier alpha value is -2.04. The Morgan fingerprint density at radius 2 is 1.95 bits per heavy atom. The van der Waals surface area contributed by atoms with E-state index in [1.807, 2.05) is 26.8 Å². The number of benzene rings is 1.